The maximum absolute atomic E-state index is 11.0. The first-order valence-corrected chi connectivity index (χ1v) is 9.76. The predicted molar refractivity (Wildman–Crippen MR) is 96.1 cm³/mol. The third-order valence-corrected chi connectivity index (χ3v) is 4.01. The van der Waals surface area contributed by atoms with E-state index in [1.54, 1.807) is 0 Å². The van der Waals surface area contributed by atoms with Crippen LogP contribution in [0, 0.1) is 0 Å². The summed E-state index contributed by atoms with van der Waals surface area (Å²) in [4.78, 5) is 6.48. The lowest BCUT2D eigenvalue weighted by Gasteiger charge is -2.22. The van der Waals surface area contributed by atoms with E-state index in [9.17, 15) is 8.42 Å². The summed E-state index contributed by atoms with van der Waals surface area (Å²) in [5, 5.41) is 3.22. The minimum absolute atomic E-state index is 0.298. The van der Waals surface area contributed by atoms with Crippen molar-refractivity contribution in [3.8, 4) is 0 Å². The number of aliphatic imine (C=N–C) groups is 1. The number of nitrogens with one attached hydrogen (secondary N) is 2. The molecule has 0 amide bonds. The van der Waals surface area contributed by atoms with Crippen molar-refractivity contribution >= 4 is 16.0 Å². The van der Waals surface area contributed by atoms with Crippen molar-refractivity contribution in [2.24, 2.45) is 4.99 Å². The van der Waals surface area contributed by atoms with Crippen LogP contribution in [-0.2, 0) is 23.0 Å². The molecule has 2 N–H and O–H groups in total. The first-order chi connectivity index (χ1) is 10.9. The second kappa shape index (κ2) is 9.52. The number of aryl methyl sites for hydroxylation is 1. The third-order valence-electron chi connectivity index (χ3n) is 3.29. The summed E-state index contributed by atoms with van der Waals surface area (Å²) in [5.41, 5.74) is 2.54. The molecule has 0 bridgehead atoms. The molecule has 0 aromatic heterocycles. The maximum atomic E-state index is 11.0. The molecule has 7 heteroatoms. The number of nitrogens with zero attached hydrogens (tertiary/aromatic N) is 2. The molecule has 6 nitrogen and oxygen atoms in total. The summed E-state index contributed by atoms with van der Waals surface area (Å²) in [5.74, 6) is 0.766. The zero-order valence-corrected chi connectivity index (χ0v) is 15.3. The van der Waals surface area contributed by atoms with Gasteiger partial charge in [-0.3, -0.25) is 4.99 Å². The molecule has 0 saturated heterocycles. The standard InChI is InChI=1S/C16H28N4O2S/c1-5-14-7-9-15(10-8-14)13-20(3)16(17-6-2)18-11-12-19-23(4,21)22/h7-10,19H,5-6,11-13H2,1-4H3,(H,17,18). The molecule has 130 valence electrons. The Morgan fingerprint density at radius 1 is 1.17 bits per heavy atom. The monoisotopic (exact) mass is 340 g/mol. The summed E-state index contributed by atoms with van der Waals surface area (Å²) in [7, 11) is -1.19. The van der Waals surface area contributed by atoms with Gasteiger partial charge >= 0.3 is 0 Å². The van der Waals surface area contributed by atoms with Gasteiger partial charge in [0.15, 0.2) is 5.96 Å². The Morgan fingerprint density at radius 3 is 2.30 bits per heavy atom. The van der Waals surface area contributed by atoms with E-state index in [1.807, 2.05) is 18.9 Å². The topological polar surface area (TPSA) is 73.8 Å². The largest absolute Gasteiger partial charge is 0.357 e. The van der Waals surface area contributed by atoms with Gasteiger partial charge in [0.05, 0.1) is 12.8 Å². The van der Waals surface area contributed by atoms with E-state index in [4.69, 9.17) is 0 Å². The van der Waals surface area contributed by atoms with Gasteiger partial charge in [-0.05, 0) is 24.5 Å². The zero-order chi connectivity index (χ0) is 17.3. The van der Waals surface area contributed by atoms with Gasteiger partial charge in [-0.1, -0.05) is 31.2 Å². The maximum Gasteiger partial charge on any atom is 0.208 e. The van der Waals surface area contributed by atoms with Gasteiger partial charge in [-0.2, -0.15) is 0 Å². The van der Waals surface area contributed by atoms with Gasteiger partial charge in [0.1, 0.15) is 0 Å². The molecule has 1 aromatic rings. The predicted octanol–water partition coefficient (Wildman–Crippen LogP) is 1.20. The fourth-order valence-corrected chi connectivity index (χ4v) is 2.55. The van der Waals surface area contributed by atoms with Crippen LogP contribution in [0.1, 0.15) is 25.0 Å². The number of rotatable bonds is 8. The minimum Gasteiger partial charge on any atom is -0.357 e. The van der Waals surface area contributed by atoms with E-state index >= 15 is 0 Å². The first-order valence-electron chi connectivity index (χ1n) is 7.87. The van der Waals surface area contributed by atoms with Gasteiger partial charge in [0.2, 0.25) is 10.0 Å². The lowest BCUT2D eigenvalue weighted by molar-refractivity contribution is 0.477. The third kappa shape index (κ3) is 7.99. The van der Waals surface area contributed by atoms with Gasteiger partial charge in [0.25, 0.3) is 0 Å². The van der Waals surface area contributed by atoms with Crippen molar-refractivity contribution in [1.82, 2.24) is 14.9 Å². The van der Waals surface area contributed by atoms with Crippen molar-refractivity contribution in [2.75, 3.05) is 32.9 Å². The molecular weight excluding hydrogens is 312 g/mol. The van der Waals surface area contributed by atoms with Crippen LogP contribution in [0.5, 0.6) is 0 Å². The quantitative estimate of drug-likeness (QED) is 0.424. The molecule has 0 fully saturated rings. The molecule has 0 unspecified atom stereocenters. The Bertz CT molecular complexity index is 597. The van der Waals surface area contributed by atoms with E-state index in [0.717, 1.165) is 31.7 Å². The molecule has 0 aliphatic carbocycles. The van der Waals surface area contributed by atoms with Gasteiger partial charge < -0.3 is 10.2 Å². The van der Waals surface area contributed by atoms with Gasteiger partial charge in [-0.15, -0.1) is 0 Å². The molecule has 1 aromatic carbocycles. The molecule has 1 rings (SSSR count). The molecule has 0 heterocycles. The zero-order valence-electron chi connectivity index (χ0n) is 14.5. The van der Waals surface area contributed by atoms with Crippen LogP contribution in [0.2, 0.25) is 0 Å². The molecule has 0 spiro atoms. The highest BCUT2D eigenvalue weighted by molar-refractivity contribution is 7.88. The Morgan fingerprint density at radius 2 is 1.78 bits per heavy atom. The van der Waals surface area contributed by atoms with Crippen LogP contribution >= 0.6 is 0 Å². The Hall–Kier alpha value is -1.60. The van der Waals surface area contributed by atoms with Crippen LogP contribution in [0.15, 0.2) is 29.3 Å². The average molecular weight is 340 g/mol. The van der Waals surface area contributed by atoms with E-state index in [1.165, 1.54) is 11.1 Å². The normalized spacial score (nSPS) is 12.3. The minimum atomic E-state index is -3.16. The van der Waals surface area contributed by atoms with Crippen molar-refractivity contribution < 1.29 is 8.42 Å². The van der Waals surface area contributed by atoms with E-state index in [2.05, 4.69) is 46.2 Å². The SMILES string of the molecule is CCNC(=NCCNS(C)(=O)=O)N(C)Cc1ccc(CC)cc1. The molecular formula is C16H28N4O2S. The Labute approximate surface area is 140 Å². The highest BCUT2D eigenvalue weighted by Crippen LogP contribution is 2.07. The summed E-state index contributed by atoms with van der Waals surface area (Å²) in [6.07, 6.45) is 2.18. The molecule has 0 aliphatic heterocycles. The lowest BCUT2D eigenvalue weighted by atomic mass is 10.1. The Kier molecular flexibility index (Phi) is 8.05. The summed E-state index contributed by atoms with van der Waals surface area (Å²) < 4.78 is 24.5. The average Bonchev–Trinajstić information content (AvgIpc) is 2.50. The number of hydrogen-bond donors (Lipinski definition) is 2. The molecule has 0 aliphatic rings. The molecule has 0 saturated carbocycles. The van der Waals surface area contributed by atoms with E-state index in [-0.39, 0.29) is 0 Å². The summed E-state index contributed by atoms with van der Waals surface area (Å²) in [6, 6.07) is 8.54. The first kappa shape index (κ1) is 19.4. The number of hydrogen-bond acceptors (Lipinski definition) is 3. The van der Waals surface area contributed by atoms with Gasteiger partial charge in [0, 0.05) is 26.7 Å². The van der Waals surface area contributed by atoms with E-state index < -0.39 is 10.0 Å². The summed E-state index contributed by atoms with van der Waals surface area (Å²) in [6.45, 7) is 6.35. The van der Waals surface area contributed by atoms with Crippen LogP contribution in [0.3, 0.4) is 0 Å². The molecule has 0 atom stereocenters. The number of guanidine groups is 1. The molecule has 0 radical (unpaired) electrons. The smallest absolute Gasteiger partial charge is 0.208 e. The van der Waals surface area contributed by atoms with E-state index in [0.29, 0.717) is 13.1 Å². The summed E-state index contributed by atoms with van der Waals surface area (Å²) >= 11 is 0. The van der Waals surface area contributed by atoms with Crippen molar-refractivity contribution in [1.29, 1.82) is 0 Å². The Balaban J connectivity index is 2.63. The fraction of sp³-hybridized carbons (Fsp3) is 0.562. The van der Waals surface area contributed by atoms with Crippen molar-refractivity contribution in [2.45, 2.75) is 26.8 Å². The number of sulfonamides is 1. The molecule has 23 heavy (non-hydrogen) atoms. The second-order valence-corrected chi connectivity index (χ2v) is 7.26. The van der Waals surface area contributed by atoms with Crippen LogP contribution in [0.4, 0.5) is 0 Å². The van der Waals surface area contributed by atoms with Crippen LogP contribution < -0.4 is 10.0 Å². The number of benzene rings is 1. The highest BCUT2D eigenvalue weighted by atomic mass is 32.2. The van der Waals surface area contributed by atoms with Gasteiger partial charge in [-0.25, -0.2) is 13.1 Å². The second-order valence-electron chi connectivity index (χ2n) is 5.43. The fourth-order valence-electron chi connectivity index (χ4n) is 2.09. The van der Waals surface area contributed by atoms with Crippen molar-refractivity contribution in [3.63, 3.8) is 0 Å². The van der Waals surface area contributed by atoms with Crippen LogP contribution in [0.25, 0.3) is 0 Å². The van der Waals surface area contributed by atoms with Crippen molar-refractivity contribution in [3.05, 3.63) is 35.4 Å². The highest BCUT2D eigenvalue weighted by Gasteiger charge is 2.07. The van der Waals surface area contributed by atoms with Crippen LogP contribution in [-0.4, -0.2) is 52.2 Å². The lowest BCUT2D eigenvalue weighted by Crippen LogP contribution is -2.39.